The van der Waals surface area contributed by atoms with Crippen LogP contribution >= 0.6 is 0 Å². The molecule has 0 aliphatic heterocycles. The first kappa shape index (κ1) is 22.2. The highest BCUT2D eigenvalue weighted by molar-refractivity contribution is 6.24. The van der Waals surface area contributed by atoms with E-state index in [9.17, 15) is 9.59 Å². The SMILES string of the molecule is Cc1ccccc1C(=O)Nc1ccc(C(=O)C2=c3ccc4c(c3CCC2)CC=c2ccccc2=4)cc1. The molecule has 0 heterocycles. The molecule has 3 nitrogen and oxygen atoms in total. The second-order valence-electron chi connectivity index (χ2n) is 9.62. The molecule has 3 heteroatoms. The Hall–Kier alpha value is -4.24. The minimum absolute atomic E-state index is 0.0767. The third-order valence-electron chi connectivity index (χ3n) is 7.46. The van der Waals surface area contributed by atoms with E-state index in [1.54, 1.807) is 0 Å². The first-order chi connectivity index (χ1) is 17.6. The summed E-state index contributed by atoms with van der Waals surface area (Å²) in [6, 6.07) is 27.7. The number of rotatable bonds is 4. The third-order valence-corrected chi connectivity index (χ3v) is 7.46. The van der Waals surface area contributed by atoms with Gasteiger partial charge in [-0.15, -0.1) is 0 Å². The van der Waals surface area contributed by atoms with Gasteiger partial charge in [-0.1, -0.05) is 60.7 Å². The highest BCUT2D eigenvalue weighted by atomic mass is 16.1. The van der Waals surface area contributed by atoms with Crippen LogP contribution in [0.2, 0.25) is 0 Å². The molecule has 4 aromatic carbocycles. The van der Waals surface area contributed by atoms with E-state index < -0.39 is 0 Å². The molecule has 0 spiro atoms. The van der Waals surface area contributed by atoms with E-state index in [0.717, 1.165) is 42.0 Å². The van der Waals surface area contributed by atoms with Crippen LogP contribution in [0.15, 0.2) is 84.9 Å². The van der Waals surface area contributed by atoms with Crippen molar-refractivity contribution in [2.75, 3.05) is 5.32 Å². The maximum absolute atomic E-state index is 13.6. The Balaban J connectivity index is 1.34. The summed E-state index contributed by atoms with van der Waals surface area (Å²) in [4.78, 5) is 26.2. The summed E-state index contributed by atoms with van der Waals surface area (Å²) in [6.07, 6.45) is 5.99. The summed E-state index contributed by atoms with van der Waals surface area (Å²) in [5.41, 5.74) is 6.50. The Bertz CT molecular complexity index is 1750. The monoisotopic (exact) mass is 469 g/mol. The van der Waals surface area contributed by atoms with Crippen LogP contribution in [0, 0.1) is 17.4 Å². The molecule has 0 aromatic heterocycles. The molecular weight excluding hydrogens is 442 g/mol. The van der Waals surface area contributed by atoms with E-state index in [2.05, 4.69) is 47.8 Å². The Labute approximate surface area is 210 Å². The van der Waals surface area contributed by atoms with E-state index in [1.807, 2.05) is 55.5 Å². The highest BCUT2D eigenvalue weighted by Gasteiger charge is 2.21. The van der Waals surface area contributed by atoms with Crippen LogP contribution in [0.5, 0.6) is 0 Å². The highest BCUT2D eigenvalue weighted by Crippen LogP contribution is 2.24. The number of hydrogen-bond acceptors (Lipinski definition) is 2. The van der Waals surface area contributed by atoms with Crippen molar-refractivity contribution in [1.82, 2.24) is 0 Å². The topological polar surface area (TPSA) is 46.2 Å². The predicted molar refractivity (Wildman–Crippen MR) is 144 cm³/mol. The fourth-order valence-electron chi connectivity index (χ4n) is 5.60. The van der Waals surface area contributed by atoms with Crippen molar-refractivity contribution < 1.29 is 9.59 Å². The number of nitrogens with one attached hydrogen (secondary N) is 1. The maximum atomic E-state index is 13.6. The molecule has 0 unspecified atom stereocenters. The summed E-state index contributed by atoms with van der Waals surface area (Å²) in [5, 5.41) is 7.92. The van der Waals surface area contributed by atoms with E-state index in [1.165, 1.54) is 26.8 Å². The average molecular weight is 470 g/mol. The van der Waals surface area contributed by atoms with E-state index in [4.69, 9.17) is 0 Å². The van der Waals surface area contributed by atoms with Crippen molar-refractivity contribution in [1.29, 1.82) is 0 Å². The molecule has 0 fully saturated rings. The number of Topliss-reactive ketones (excluding diaryl/α,β-unsaturated/α-hetero) is 1. The molecule has 2 aliphatic carbocycles. The number of ketones is 1. The van der Waals surface area contributed by atoms with Crippen molar-refractivity contribution in [3.8, 4) is 0 Å². The van der Waals surface area contributed by atoms with Gasteiger partial charge >= 0.3 is 0 Å². The van der Waals surface area contributed by atoms with E-state index in [-0.39, 0.29) is 11.7 Å². The average Bonchev–Trinajstić information content (AvgIpc) is 2.92. The van der Waals surface area contributed by atoms with Crippen molar-refractivity contribution in [2.24, 2.45) is 0 Å². The van der Waals surface area contributed by atoms with Crippen LogP contribution in [0.25, 0.3) is 11.6 Å². The Kier molecular flexibility index (Phi) is 5.61. The number of benzene rings is 4. The van der Waals surface area contributed by atoms with Gasteiger partial charge in [0.25, 0.3) is 5.91 Å². The third kappa shape index (κ3) is 3.87. The zero-order valence-electron chi connectivity index (χ0n) is 20.3. The number of fused-ring (bicyclic) bond motifs is 4. The molecule has 0 saturated heterocycles. The zero-order valence-corrected chi connectivity index (χ0v) is 20.3. The van der Waals surface area contributed by atoms with E-state index >= 15 is 0 Å². The molecule has 1 amide bonds. The normalized spacial score (nSPS) is 13.6. The van der Waals surface area contributed by atoms with Crippen LogP contribution in [0.3, 0.4) is 0 Å². The summed E-state index contributed by atoms with van der Waals surface area (Å²) >= 11 is 0. The molecule has 2 aliphatic rings. The van der Waals surface area contributed by atoms with Gasteiger partial charge in [-0.25, -0.2) is 0 Å². The lowest BCUT2D eigenvalue weighted by Crippen LogP contribution is -2.25. The van der Waals surface area contributed by atoms with Gasteiger partial charge < -0.3 is 5.32 Å². The molecule has 0 bridgehead atoms. The van der Waals surface area contributed by atoms with Gasteiger partial charge in [-0.05, 0) is 101 Å². The molecule has 4 aromatic rings. The van der Waals surface area contributed by atoms with Crippen molar-refractivity contribution in [3.63, 3.8) is 0 Å². The molecule has 0 atom stereocenters. The second kappa shape index (κ2) is 9.09. The molecule has 0 radical (unpaired) electrons. The number of amides is 1. The summed E-state index contributed by atoms with van der Waals surface area (Å²) < 4.78 is 0. The van der Waals surface area contributed by atoms with Gasteiger partial charge in [0, 0.05) is 22.4 Å². The predicted octanol–water partition coefficient (Wildman–Crippen LogP) is 5.24. The van der Waals surface area contributed by atoms with E-state index in [0.29, 0.717) is 16.8 Å². The first-order valence-electron chi connectivity index (χ1n) is 12.6. The lowest BCUT2D eigenvalue weighted by molar-refractivity contribution is 0.102. The van der Waals surface area contributed by atoms with Crippen molar-refractivity contribution >= 4 is 29.0 Å². The fraction of sp³-hybridized carbons (Fsp3) is 0.152. The van der Waals surface area contributed by atoms with Crippen LogP contribution < -0.4 is 15.8 Å². The summed E-state index contributed by atoms with van der Waals surface area (Å²) in [7, 11) is 0. The number of carbonyl (C=O) groups is 2. The Morgan fingerprint density at radius 1 is 0.722 bits per heavy atom. The van der Waals surface area contributed by atoms with Gasteiger partial charge in [-0.3, -0.25) is 9.59 Å². The van der Waals surface area contributed by atoms with Crippen molar-refractivity contribution in [2.45, 2.75) is 32.6 Å². The fourth-order valence-corrected chi connectivity index (χ4v) is 5.60. The summed E-state index contributed by atoms with van der Waals surface area (Å²) in [6.45, 7) is 1.92. The molecule has 0 saturated carbocycles. The second-order valence-corrected chi connectivity index (χ2v) is 9.62. The number of anilines is 1. The zero-order chi connectivity index (χ0) is 24.6. The van der Waals surface area contributed by atoms with Gasteiger partial charge in [0.1, 0.15) is 0 Å². The van der Waals surface area contributed by atoms with Crippen LogP contribution in [0.1, 0.15) is 50.2 Å². The quantitative estimate of drug-likeness (QED) is 0.416. The number of carbonyl (C=O) groups excluding carboxylic acids is 2. The lowest BCUT2D eigenvalue weighted by Gasteiger charge is -2.20. The molecule has 6 rings (SSSR count). The van der Waals surface area contributed by atoms with Crippen LogP contribution in [-0.4, -0.2) is 11.7 Å². The number of aryl methyl sites for hydroxylation is 1. The smallest absolute Gasteiger partial charge is 0.255 e. The summed E-state index contributed by atoms with van der Waals surface area (Å²) in [5.74, 6) is -0.0706. The van der Waals surface area contributed by atoms with Gasteiger partial charge in [-0.2, -0.15) is 0 Å². The Morgan fingerprint density at radius 2 is 1.47 bits per heavy atom. The molecule has 176 valence electrons. The standard InChI is InChI=1S/C33H27NO2/c1-21-7-2-4-9-25(21)33(36)34-24-16-13-23(14-17-24)32(35)31-12-6-11-27-29-18-15-22-8-3-5-10-26(22)28(29)19-20-30(27)31/h2-5,7-10,13-17,19-20H,6,11-12,18H2,1H3,(H,34,36). The van der Waals surface area contributed by atoms with Gasteiger partial charge in [0.15, 0.2) is 5.78 Å². The Morgan fingerprint density at radius 3 is 2.31 bits per heavy atom. The van der Waals surface area contributed by atoms with Crippen LogP contribution in [0.4, 0.5) is 5.69 Å². The largest absolute Gasteiger partial charge is 0.322 e. The minimum atomic E-state index is -0.147. The van der Waals surface area contributed by atoms with Crippen LogP contribution in [-0.2, 0) is 12.8 Å². The van der Waals surface area contributed by atoms with Gasteiger partial charge in [0.05, 0.1) is 0 Å². The molecule has 36 heavy (non-hydrogen) atoms. The maximum Gasteiger partial charge on any atom is 0.255 e. The minimum Gasteiger partial charge on any atom is -0.322 e. The first-order valence-corrected chi connectivity index (χ1v) is 12.6. The molecule has 1 N–H and O–H groups in total. The lowest BCUT2D eigenvalue weighted by atomic mass is 9.84. The van der Waals surface area contributed by atoms with Crippen molar-refractivity contribution in [3.05, 3.63) is 134 Å². The number of hydrogen-bond donors (Lipinski definition) is 1. The molecular formula is C33H27NO2. The van der Waals surface area contributed by atoms with Gasteiger partial charge in [0.2, 0.25) is 0 Å².